The molecule has 0 radical (unpaired) electrons. The number of pyridine rings is 1. The van der Waals surface area contributed by atoms with E-state index in [1.807, 2.05) is 0 Å². The van der Waals surface area contributed by atoms with Gasteiger partial charge in [0.1, 0.15) is 11.3 Å². The van der Waals surface area contributed by atoms with Gasteiger partial charge < -0.3 is 9.84 Å². The number of halogens is 1. The second-order valence-corrected chi connectivity index (χ2v) is 8.65. The van der Waals surface area contributed by atoms with Crippen molar-refractivity contribution < 1.29 is 24.2 Å². The van der Waals surface area contributed by atoms with Crippen molar-refractivity contribution in [2.24, 2.45) is 0 Å². The van der Waals surface area contributed by atoms with E-state index >= 15 is 0 Å². The summed E-state index contributed by atoms with van der Waals surface area (Å²) in [4.78, 5) is 52.7. The summed E-state index contributed by atoms with van der Waals surface area (Å²) in [5, 5.41) is 10.2. The SMILES string of the molecule is CCOC(=O)c1cc(C(=O)c2ccccc2O)cn(-c2ccccc2C(=O)c2ccc(Br)cc2)c1=O. The third-order valence-electron chi connectivity index (χ3n) is 5.44. The minimum Gasteiger partial charge on any atom is -0.507 e. The molecule has 3 aromatic carbocycles. The van der Waals surface area contributed by atoms with Gasteiger partial charge in [-0.3, -0.25) is 19.0 Å². The van der Waals surface area contributed by atoms with E-state index in [0.29, 0.717) is 5.56 Å². The molecule has 0 fully saturated rings. The Kier molecular flexibility index (Phi) is 7.26. The van der Waals surface area contributed by atoms with E-state index in [1.165, 1.54) is 18.3 Å². The van der Waals surface area contributed by atoms with Crippen LogP contribution in [-0.2, 0) is 4.74 Å². The highest BCUT2D eigenvalue weighted by molar-refractivity contribution is 9.10. The molecule has 0 aliphatic heterocycles. The first-order chi connectivity index (χ1) is 17.3. The molecule has 180 valence electrons. The standard InChI is InChI=1S/C28H20BrNO6/c1-2-36-28(35)22-15-18(26(33)21-8-4-6-10-24(21)31)16-30(27(22)34)23-9-5-3-7-20(23)25(32)17-11-13-19(29)14-12-17/h3-16,31H,2H2,1H3. The number of rotatable bonds is 7. The van der Waals surface area contributed by atoms with Crippen LogP contribution >= 0.6 is 15.9 Å². The second-order valence-electron chi connectivity index (χ2n) is 7.74. The molecule has 0 spiro atoms. The lowest BCUT2D eigenvalue weighted by Crippen LogP contribution is -2.28. The lowest BCUT2D eigenvalue weighted by Gasteiger charge is -2.15. The molecule has 36 heavy (non-hydrogen) atoms. The van der Waals surface area contributed by atoms with Gasteiger partial charge in [-0.2, -0.15) is 0 Å². The molecule has 4 rings (SSSR count). The number of benzene rings is 3. The first-order valence-corrected chi connectivity index (χ1v) is 11.8. The molecule has 0 amide bonds. The quantitative estimate of drug-likeness (QED) is 0.260. The number of phenols is 1. The fraction of sp³-hybridized carbons (Fsp3) is 0.0714. The Morgan fingerprint density at radius 2 is 1.44 bits per heavy atom. The van der Waals surface area contributed by atoms with Gasteiger partial charge in [0.2, 0.25) is 0 Å². The Balaban J connectivity index is 1.93. The topological polar surface area (TPSA) is 103 Å². The number of para-hydroxylation sites is 2. The normalized spacial score (nSPS) is 10.6. The van der Waals surface area contributed by atoms with Crippen molar-refractivity contribution in [3.05, 3.63) is 128 Å². The zero-order chi connectivity index (χ0) is 25.8. The zero-order valence-electron chi connectivity index (χ0n) is 19.1. The molecular formula is C28H20BrNO6. The molecule has 0 saturated carbocycles. The average molecular weight is 546 g/mol. The summed E-state index contributed by atoms with van der Waals surface area (Å²) in [6.07, 6.45) is 1.26. The molecule has 1 aromatic heterocycles. The van der Waals surface area contributed by atoms with Crippen LogP contribution in [0, 0.1) is 0 Å². The fourth-order valence-electron chi connectivity index (χ4n) is 3.69. The summed E-state index contributed by atoms with van der Waals surface area (Å²) in [5.74, 6) is -2.10. The largest absolute Gasteiger partial charge is 0.507 e. The number of carbonyl (C=O) groups is 3. The lowest BCUT2D eigenvalue weighted by molar-refractivity contribution is 0.0523. The van der Waals surface area contributed by atoms with E-state index in [9.17, 15) is 24.3 Å². The molecule has 0 aliphatic carbocycles. The minimum absolute atomic E-state index is 0.00303. The van der Waals surface area contributed by atoms with Gasteiger partial charge in [-0.25, -0.2) is 4.79 Å². The second kappa shape index (κ2) is 10.5. The summed E-state index contributed by atoms with van der Waals surface area (Å²) in [6, 6.07) is 20.3. The van der Waals surface area contributed by atoms with Gasteiger partial charge in [-0.05, 0) is 61.5 Å². The Bertz CT molecular complexity index is 1540. The first kappa shape index (κ1) is 24.8. The van der Waals surface area contributed by atoms with Crippen molar-refractivity contribution in [2.45, 2.75) is 6.92 Å². The van der Waals surface area contributed by atoms with E-state index in [1.54, 1.807) is 67.6 Å². The van der Waals surface area contributed by atoms with Crippen molar-refractivity contribution in [1.29, 1.82) is 0 Å². The number of aromatic nitrogens is 1. The highest BCUT2D eigenvalue weighted by Gasteiger charge is 2.23. The van der Waals surface area contributed by atoms with Crippen molar-refractivity contribution in [3.8, 4) is 11.4 Å². The van der Waals surface area contributed by atoms with Gasteiger partial charge >= 0.3 is 5.97 Å². The van der Waals surface area contributed by atoms with Crippen molar-refractivity contribution in [3.63, 3.8) is 0 Å². The van der Waals surface area contributed by atoms with E-state index in [-0.39, 0.29) is 46.1 Å². The summed E-state index contributed by atoms with van der Waals surface area (Å²) in [6.45, 7) is 1.62. The number of carbonyl (C=O) groups excluding carboxylic acids is 3. The molecule has 0 unspecified atom stereocenters. The van der Waals surface area contributed by atoms with Crippen LogP contribution in [0.3, 0.4) is 0 Å². The fourth-order valence-corrected chi connectivity index (χ4v) is 3.96. The summed E-state index contributed by atoms with van der Waals surface area (Å²) < 4.78 is 6.93. The number of esters is 1. The van der Waals surface area contributed by atoms with Crippen LogP contribution in [0.1, 0.15) is 49.1 Å². The molecular weight excluding hydrogens is 526 g/mol. The number of ketones is 2. The number of aromatic hydroxyl groups is 1. The smallest absolute Gasteiger partial charge is 0.343 e. The van der Waals surface area contributed by atoms with Crippen molar-refractivity contribution in [2.75, 3.05) is 6.61 Å². The monoisotopic (exact) mass is 545 g/mol. The van der Waals surface area contributed by atoms with Crippen molar-refractivity contribution in [1.82, 2.24) is 4.57 Å². The van der Waals surface area contributed by atoms with E-state index < -0.39 is 17.3 Å². The van der Waals surface area contributed by atoms with Crippen LogP contribution in [0.5, 0.6) is 5.75 Å². The van der Waals surface area contributed by atoms with Crippen LogP contribution in [-0.4, -0.2) is 33.8 Å². The summed E-state index contributed by atoms with van der Waals surface area (Å²) >= 11 is 3.34. The predicted molar refractivity (Wildman–Crippen MR) is 137 cm³/mol. The maximum atomic E-state index is 13.4. The van der Waals surface area contributed by atoms with Crippen LogP contribution < -0.4 is 5.56 Å². The number of hydrogen-bond acceptors (Lipinski definition) is 6. The Labute approximate surface area is 214 Å². The molecule has 8 heteroatoms. The van der Waals surface area contributed by atoms with Gasteiger partial charge in [-0.1, -0.05) is 40.2 Å². The molecule has 0 atom stereocenters. The molecule has 1 N–H and O–H groups in total. The number of ether oxygens (including phenoxy) is 1. The van der Waals surface area contributed by atoms with E-state index in [4.69, 9.17) is 4.74 Å². The summed E-state index contributed by atoms with van der Waals surface area (Å²) in [7, 11) is 0. The first-order valence-electron chi connectivity index (χ1n) is 11.0. The van der Waals surface area contributed by atoms with Crippen LogP contribution in [0.4, 0.5) is 0 Å². The molecule has 0 bridgehead atoms. The third-order valence-corrected chi connectivity index (χ3v) is 5.97. The third kappa shape index (κ3) is 4.89. The average Bonchev–Trinajstić information content (AvgIpc) is 2.89. The molecule has 7 nitrogen and oxygen atoms in total. The van der Waals surface area contributed by atoms with Crippen molar-refractivity contribution >= 4 is 33.5 Å². The van der Waals surface area contributed by atoms with Crippen LogP contribution in [0.25, 0.3) is 5.69 Å². The molecule has 0 aliphatic rings. The minimum atomic E-state index is -0.903. The highest BCUT2D eigenvalue weighted by Crippen LogP contribution is 2.23. The van der Waals surface area contributed by atoms with E-state index in [0.717, 1.165) is 15.1 Å². The highest BCUT2D eigenvalue weighted by atomic mass is 79.9. The van der Waals surface area contributed by atoms with Gasteiger partial charge in [0, 0.05) is 27.4 Å². The lowest BCUT2D eigenvalue weighted by atomic mass is 10.00. The number of phenolic OH excluding ortho intramolecular Hbond substituents is 1. The van der Waals surface area contributed by atoms with E-state index in [2.05, 4.69) is 15.9 Å². The zero-order valence-corrected chi connectivity index (χ0v) is 20.7. The van der Waals surface area contributed by atoms with Gasteiger partial charge in [0.05, 0.1) is 17.9 Å². The predicted octanol–water partition coefficient (Wildman–Crippen LogP) is 4.94. The molecule has 1 heterocycles. The maximum Gasteiger partial charge on any atom is 0.343 e. The Morgan fingerprint density at radius 3 is 2.11 bits per heavy atom. The number of nitrogens with zero attached hydrogens (tertiary/aromatic N) is 1. The maximum absolute atomic E-state index is 13.4. The van der Waals surface area contributed by atoms with Gasteiger partial charge in [-0.15, -0.1) is 0 Å². The summed E-state index contributed by atoms with van der Waals surface area (Å²) in [5.41, 5.74) is -0.383. The number of hydrogen-bond donors (Lipinski definition) is 1. The van der Waals surface area contributed by atoms with Crippen LogP contribution in [0.15, 0.2) is 94.3 Å². The Morgan fingerprint density at radius 1 is 0.833 bits per heavy atom. The van der Waals surface area contributed by atoms with Gasteiger partial charge in [0.25, 0.3) is 5.56 Å². The molecule has 4 aromatic rings. The molecule has 0 saturated heterocycles. The van der Waals surface area contributed by atoms with Gasteiger partial charge in [0.15, 0.2) is 11.6 Å². The Hall–Kier alpha value is -4.30. The van der Waals surface area contributed by atoms with Crippen LogP contribution in [0.2, 0.25) is 0 Å².